The van der Waals surface area contributed by atoms with Crippen LogP contribution in [-0.4, -0.2) is 25.6 Å². The van der Waals surface area contributed by atoms with Crippen molar-refractivity contribution in [1.29, 1.82) is 0 Å². The first-order chi connectivity index (χ1) is 9.83. The number of nitrogens with one attached hydrogen (secondary N) is 2. The Morgan fingerprint density at radius 1 is 1.33 bits per heavy atom. The molecular weight excluding hydrogens is 377 g/mol. The Morgan fingerprint density at radius 3 is 2.86 bits per heavy atom. The highest BCUT2D eigenvalue weighted by atomic mass is 127. The average molecular weight is 399 g/mol. The van der Waals surface area contributed by atoms with Crippen molar-refractivity contribution < 1.29 is 4.42 Å². The standard InChI is InChI=1S/C16H21N3O.HI/c1-3-10-18-16(17-4-2)19-11-9-14-12-13-7-5-6-8-15(13)20-14;/h3,5-8,12H,1,4,9-11H2,2H3,(H2,17,18,19);1H. The highest BCUT2D eigenvalue weighted by Crippen LogP contribution is 2.18. The molecular formula is C16H22IN3O. The van der Waals surface area contributed by atoms with E-state index in [4.69, 9.17) is 4.42 Å². The van der Waals surface area contributed by atoms with Crippen LogP contribution in [0, 0.1) is 0 Å². The Balaban J connectivity index is 0.00000220. The van der Waals surface area contributed by atoms with Gasteiger partial charge < -0.3 is 15.1 Å². The van der Waals surface area contributed by atoms with E-state index < -0.39 is 0 Å². The number of nitrogens with zero attached hydrogens (tertiary/aromatic N) is 1. The van der Waals surface area contributed by atoms with Gasteiger partial charge >= 0.3 is 0 Å². The predicted molar refractivity (Wildman–Crippen MR) is 99.5 cm³/mol. The molecule has 0 radical (unpaired) electrons. The van der Waals surface area contributed by atoms with E-state index in [1.54, 1.807) is 0 Å². The van der Waals surface area contributed by atoms with Crippen molar-refractivity contribution >= 4 is 40.9 Å². The number of rotatable bonds is 6. The number of benzene rings is 1. The summed E-state index contributed by atoms with van der Waals surface area (Å²) in [7, 11) is 0. The van der Waals surface area contributed by atoms with Crippen LogP contribution in [0.5, 0.6) is 0 Å². The normalized spacial score (nSPS) is 11.0. The van der Waals surface area contributed by atoms with Crippen molar-refractivity contribution in [3.63, 3.8) is 0 Å². The molecule has 5 heteroatoms. The highest BCUT2D eigenvalue weighted by Gasteiger charge is 2.02. The molecule has 1 aromatic carbocycles. The van der Waals surface area contributed by atoms with Crippen LogP contribution in [0.25, 0.3) is 11.0 Å². The van der Waals surface area contributed by atoms with E-state index in [1.807, 2.05) is 31.2 Å². The van der Waals surface area contributed by atoms with Crippen molar-refractivity contribution in [3.8, 4) is 0 Å². The third-order valence-electron chi connectivity index (χ3n) is 2.86. The quantitative estimate of drug-likeness (QED) is 0.339. The first-order valence-corrected chi connectivity index (χ1v) is 6.94. The summed E-state index contributed by atoms with van der Waals surface area (Å²) in [4.78, 5) is 4.50. The van der Waals surface area contributed by atoms with Crippen molar-refractivity contribution in [2.75, 3.05) is 19.6 Å². The second-order valence-electron chi connectivity index (χ2n) is 4.43. The maximum absolute atomic E-state index is 5.76. The van der Waals surface area contributed by atoms with E-state index in [0.717, 1.165) is 35.7 Å². The Hall–Kier alpha value is -1.50. The van der Waals surface area contributed by atoms with Crippen LogP contribution in [0.2, 0.25) is 0 Å². The largest absolute Gasteiger partial charge is 0.461 e. The summed E-state index contributed by atoms with van der Waals surface area (Å²) in [5.41, 5.74) is 0.933. The van der Waals surface area contributed by atoms with E-state index in [0.29, 0.717) is 13.1 Å². The fourth-order valence-electron chi connectivity index (χ4n) is 1.95. The highest BCUT2D eigenvalue weighted by molar-refractivity contribution is 14.0. The second-order valence-corrected chi connectivity index (χ2v) is 4.43. The van der Waals surface area contributed by atoms with Crippen LogP contribution in [0.3, 0.4) is 0 Å². The molecule has 0 saturated heterocycles. The van der Waals surface area contributed by atoms with E-state index >= 15 is 0 Å². The molecule has 4 nitrogen and oxygen atoms in total. The number of hydrogen-bond donors (Lipinski definition) is 2. The molecule has 0 atom stereocenters. The smallest absolute Gasteiger partial charge is 0.191 e. The molecule has 0 aliphatic rings. The van der Waals surface area contributed by atoms with Crippen LogP contribution in [-0.2, 0) is 6.42 Å². The molecule has 0 aliphatic carbocycles. The predicted octanol–water partition coefficient (Wildman–Crippen LogP) is 3.33. The molecule has 0 unspecified atom stereocenters. The summed E-state index contributed by atoms with van der Waals surface area (Å²) in [5, 5.41) is 7.51. The number of furan rings is 1. The summed E-state index contributed by atoms with van der Waals surface area (Å²) in [5.74, 6) is 1.78. The number of halogens is 1. The van der Waals surface area contributed by atoms with Crippen LogP contribution in [0.1, 0.15) is 12.7 Å². The maximum Gasteiger partial charge on any atom is 0.191 e. The first kappa shape index (κ1) is 17.6. The summed E-state index contributed by atoms with van der Waals surface area (Å²) < 4.78 is 5.76. The molecule has 2 N–H and O–H groups in total. The minimum absolute atomic E-state index is 0. The summed E-state index contributed by atoms with van der Waals surface area (Å²) in [6.07, 6.45) is 2.60. The Kier molecular flexibility index (Phi) is 7.89. The van der Waals surface area contributed by atoms with Gasteiger partial charge in [-0.05, 0) is 19.1 Å². The molecule has 0 spiro atoms. The summed E-state index contributed by atoms with van der Waals surface area (Å²) in [6.45, 7) is 7.96. The monoisotopic (exact) mass is 399 g/mol. The molecule has 0 saturated carbocycles. The summed E-state index contributed by atoms with van der Waals surface area (Å²) in [6, 6.07) is 10.1. The van der Waals surface area contributed by atoms with Gasteiger partial charge in [-0.15, -0.1) is 30.6 Å². The number of fused-ring (bicyclic) bond motifs is 1. The van der Waals surface area contributed by atoms with Gasteiger partial charge in [0.1, 0.15) is 11.3 Å². The maximum atomic E-state index is 5.76. The van der Waals surface area contributed by atoms with Crippen LogP contribution in [0.4, 0.5) is 0 Å². The number of para-hydroxylation sites is 1. The van der Waals surface area contributed by atoms with E-state index in [-0.39, 0.29) is 24.0 Å². The zero-order valence-corrected chi connectivity index (χ0v) is 14.6. The van der Waals surface area contributed by atoms with Gasteiger partial charge in [0.15, 0.2) is 5.96 Å². The second kappa shape index (κ2) is 9.44. The molecule has 1 heterocycles. The van der Waals surface area contributed by atoms with E-state index in [1.165, 1.54) is 0 Å². The van der Waals surface area contributed by atoms with Crippen molar-refractivity contribution in [2.24, 2.45) is 4.99 Å². The van der Waals surface area contributed by atoms with Gasteiger partial charge in [-0.3, -0.25) is 4.99 Å². The third-order valence-corrected chi connectivity index (χ3v) is 2.86. The first-order valence-electron chi connectivity index (χ1n) is 6.94. The fourth-order valence-corrected chi connectivity index (χ4v) is 1.95. The topological polar surface area (TPSA) is 49.6 Å². The van der Waals surface area contributed by atoms with Crippen molar-refractivity contribution in [3.05, 3.63) is 48.7 Å². The van der Waals surface area contributed by atoms with E-state index in [9.17, 15) is 0 Å². The minimum atomic E-state index is 0. The number of guanidine groups is 1. The van der Waals surface area contributed by atoms with Crippen LogP contribution < -0.4 is 10.6 Å². The molecule has 2 aromatic rings. The molecule has 0 bridgehead atoms. The lowest BCUT2D eigenvalue weighted by atomic mass is 10.2. The van der Waals surface area contributed by atoms with Gasteiger partial charge in [0, 0.05) is 31.4 Å². The van der Waals surface area contributed by atoms with Crippen molar-refractivity contribution in [1.82, 2.24) is 10.6 Å². The lowest BCUT2D eigenvalue weighted by Gasteiger charge is -2.08. The van der Waals surface area contributed by atoms with Gasteiger partial charge in [-0.2, -0.15) is 0 Å². The molecule has 114 valence electrons. The lowest BCUT2D eigenvalue weighted by Crippen LogP contribution is -2.37. The van der Waals surface area contributed by atoms with Crippen LogP contribution >= 0.6 is 24.0 Å². The summed E-state index contributed by atoms with van der Waals surface area (Å²) >= 11 is 0. The zero-order valence-electron chi connectivity index (χ0n) is 12.3. The van der Waals surface area contributed by atoms with Gasteiger partial charge in [0.05, 0.1) is 0 Å². The third kappa shape index (κ3) is 5.41. The SMILES string of the molecule is C=CCNC(=NCCc1cc2ccccc2o1)NCC.I. The van der Waals surface area contributed by atoms with Gasteiger partial charge in [-0.25, -0.2) is 0 Å². The Bertz CT molecular complexity index is 559. The molecule has 0 aliphatic heterocycles. The Morgan fingerprint density at radius 2 is 2.14 bits per heavy atom. The molecule has 2 rings (SSSR count). The molecule has 21 heavy (non-hydrogen) atoms. The Labute approximate surface area is 142 Å². The van der Waals surface area contributed by atoms with Gasteiger partial charge in [0.25, 0.3) is 0 Å². The van der Waals surface area contributed by atoms with Crippen LogP contribution in [0.15, 0.2) is 52.4 Å². The number of hydrogen-bond acceptors (Lipinski definition) is 2. The fraction of sp³-hybridized carbons (Fsp3) is 0.312. The van der Waals surface area contributed by atoms with Gasteiger partial charge in [-0.1, -0.05) is 24.3 Å². The minimum Gasteiger partial charge on any atom is -0.461 e. The van der Waals surface area contributed by atoms with E-state index in [2.05, 4.69) is 34.3 Å². The lowest BCUT2D eigenvalue weighted by molar-refractivity contribution is 0.550. The molecule has 0 amide bonds. The average Bonchev–Trinajstić information content (AvgIpc) is 2.87. The zero-order chi connectivity index (χ0) is 14.2. The molecule has 1 aromatic heterocycles. The van der Waals surface area contributed by atoms with Crippen molar-refractivity contribution in [2.45, 2.75) is 13.3 Å². The molecule has 0 fully saturated rings. The van der Waals surface area contributed by atoms with Gasteiger partial charge in [0.2, 0.25) is 0 Å². The number of aliphatic imine (C=N–C) groups is 1.